The number of halogens is 1. The van der Waals surface area contributed by atoms with Crippen LogP contribution in [-0.2, 0) is 14.9 Å². The molecular weight excluding hydrogens is 397 g/mol. The van der Waals surface area contributed by atoms with Gasteiger partial charge in [-0.25, -0.2) is 4.39 Å². The zero-order chi connectivity index (χ0) is 22.3. The summed E-state index contributed by atoms with van der Waals surface area (Å²) in [6, 6.07) is 15.0. The number of aliphatic hydroxyl groups excluding tert-OH is 1. The van der Waals surface area contributed by atoms with Crippen molar-refractivity contribution < 1.29 is 23.8 Å². The summed E-state index contributed by atoms with van der Waals surface area (Å²) in [5.41, 5.74) is 0.922. The summed E-state index contributed by atoms with van der Waals surface area (Å²) < 4.78 is 18.5. The van der Waals surface area contributed by atoms with Crippen molar-refractivity contribution in [1.82, 2.24) is 4.90 Å². The topological polar surface area (TPSA) is 66.8 Å². The number of ketones is 1. The lowest BCUT2D eigenvalue weighted by molar-refractivity contribution is -0.152. The molecule has 0 aromatic heterocycles. The van der Waals surface area contributed by atoms with Gasteiger partial charge in [0.05, 0.1) is 18.3 Å². The number of piperidine rings is 1. The van der Waals surface area contributed by atoms with Gasteiger partial charge in [-0.15, -0.1) is 0 Å². The fourth-order valence-corrected chi connectivity index (χ4v) is 4.10. The highest BCUT2D eigenvalue weighted by Crippen LogP contribution is 2.37. The van der Waals surface area contributed by atoms with Gasteiger partial charge in [-0.3, -0.25) is 9.59 Å². The number of carbonyl (C=O) groups is 2. The summed E-state index contributed by atoms with van der Waals surface area (Å²) in [5, 5.41) is 9.57. The van der Waals surface area contributed by atoms with E-state index in [4.69, 9.17) is 4.74 Å². The molecule has 1 aliphatic heterocycles. The van der Waals surface area contributed by atoms with Gasteiger partial charge in [-0.1, -0.05) is 30.3 Å². The third kappa shape index (κ3) is 5.20. The molecule has 0 atom stereocenters. The molecule has 1 saturated heterocycles. The van der Waals surface area contributed by atoms with Gasteiger partial charge in [-0.2, -0.15) is 0 Å². The molecule has 1 aliphatic rings. The summed E-state index contributed by atoms with van der Waals surface area (Å²) in [6.45, 7) is 4.08. The Hall–Kier alpha value is -2.99. The van der Waals surface area contributed by atoms with Crippen LogP contribution in [0.25, 0.3) is 0 Å². The van der Waals surface area contributed by atoms with E-state index in [0.29, 0.717) is 51.1 Å². The molecule has 0 aliphatic carbocycles. The van der Waals surface area contributed by atoms with Gasteiger partial charge >= 0.3 is 5.97 Å². The lowest BCUT2D eigenvalue weighted by atomic mass is 9.72. The van der Waals surface area contributed by atoms with Crippen LogP contribution in [0.5, 0.6) is 0 Å². The Bertz CT molecular complexity index is 916. The third-order valence-electron chi connectivity index (χ3n) is 5.95. The van der Waals surface area contributed by atoms with Gasteiger partial charge in [0.1, 0.15) is 5.82 Å². The summed E-state index contributed by atoms with van der Waals surface area (Å²) in [5.74, 6) is -0.921. The van der Waals surface area contributed by atoms with Gasteiger partial charge in [0.15, 0.2) is 5.78 Å². The van der Waals surface area contributed by atoms with E-state index in [2.05, 4.69) is 4.90 Å². The second-order valence-corrected chi connectivity index (χ2v) is 7.75. The van der Waals surface area contributed by atoms with Crippen LogP contribution in [0.3, 0.4) is 0 Å². The van der Waals surface area contributed by atoms with Crippen molar-refractivity contribution in [3.8, 4) is 0 Å². The molecule has 0 saturated carbocycles. The number of hydrogen-bond acceptors (Lipinski definition) is 5. The molecule has 164 valence electrons. The number of Topliss-reactive ketones (excluding diaryl/α,β-unsaturated/α-hetero) is 1. The zero-order valence-corrected chi connectivity index (χ0v) is 17.7. The molecule has 1 heterocycles. The number of nitrogens with zero attached hydrogens (tertiary/aromatic N) is 1. The van der Waals surface area contributed by atoms with Gasteiger partial charge < -0.3 is 14.7 Å². The maximum Gasteiger partial charge on any atom is 0.316 e. The fraction of sp³-hybridized carbons (Fsp3) is 0.360. The van der Waals surface area contributed by atoms with E-state index in [1.54, 1.807) is 0 Å². The van der Waals surface area contributed by atoms with Crippen molar-refractivity contribution in [2.45, 2.75) is 31.6 Å². The molecule has 1 fully saturated rings. The minimum atomic E-state index is -0.659. The Labute approximate surface area is 182 Å². The van der Waals surface area contributed by atoms with Crippen molar-refractivity contribution in [1.29, 1.82) is 0 Å². The standard InChI is InChI=1S/C25H28FNO4/c1-2-31-24(30)25(21-6-4-3-5-7-21)13-16-27(17-14-25)15-12-20(18-28)23(29)19-8-10-22(26)11-9-19/h3-11,18,28H,2,12-17H2,1H3/b20-18+. The maximum atomic E-state index is 13.1. The number of ether oxygens (including phenoxy) is 1. The van der Waals surface area contributed by atoms with Crippen molar-refractivity contribution in [3.05, 3.63) is 83.4 Å². The molecule has 2 aromatic carbocycles. The van der Waals surface area contributed by atoms with Crippen LogP contribution in [0, 0.1) is 5.82 Å². The van der Waals surface area contributed by atoms with Crippen molar-refractivity contribution in [3.63, 3.8) is 0 Å². The SMILES string of the molecule is CCOC(=O)C1(c2ccccc2)CCN(CC/C(=C\O)C(=O)c2ccc(F)cc2)CC1. The zero-order valence-electron chi connectivity index (χ0n) is 17.7. The summed E-state index contributed by atoms with van der Waals surface area (Å²) in [6.07, 6.45) is 2.45. The first kappa shape index (κ1) is 22.7. The smallest absolute Gasteiger partial charge is 0.316 e. The van der Waals surface area contributed by atoms with Crippen LogP contribution in [0.2, 0.25) is 0 Å². The highest BCUT2D eigenvalue weighted by Gasteiger charge is 2.44. The quantitative estimate of drug-likeness (QED) is 0.293. The van der Waals surface area contributed by atoms with E-state index in [1.807, 2.05) is 37.3 Å². The fourth-order valence-electron chi connectivity index (χ4n) is 4.10. The van der Waals surface area contributed by atoms with E-state index in [0.717, 1.165) is 11.8 Å². The molecular formula is C25H28FNO4. The van der Waals surface area contributed by atoms with Crippen LogP contribution in [-0.4, -0.2) is 48.0 Å². The molecule has 0 bridgehead atoms. The van der Waals surface area contributed by atoms with Crippen molar-refractivity contribution in [2.75, 3.05) is 26.2 Å². The highest BCUT2D eigenvalue weighted by atomic mass is 19.1. The van der Waals surface area contributed by atoms with Gasteiger partial charge in [-0.05, 0) is 69.1 Å². The van der Waals surface area contributed by atoms with Crippen LogP contribution < -0.4 is 0 Å². The van der Waals surface area contributed by atoms with Crippen LogP contribution in [0.1, 0.15) is 42.1 Å². The van der Waals surface area contributed by atoms with Crippen LogP contribution in [0.4, 0.5) is 4.39 Å². The van der Waals surface area contributed by atoms with Crippen LogP contribution >= 0.6 is 0 Å². The lowest BCUT2D eigenvalue weighted by Crippen LogP contribution is -2.48. The van der Waals surface area contributed by atoms with E-state index in [-0.39, 0.29) is 17.3 Å². The summed E-state index contributed by atoms with van der Waals surface area (Å²) in [4.78, 5) is 27.6. The minimum absolute atomic E-state index is 0.191. The Morgan fingerprint density at radius 2 is 1.74 bits per heavy atom. The summed E-state index contributed by atoms with van der Waals surface area (Å²) in [7, 11) is 0. The average Bonchev–Trinajstić information content (AvgIpc) is 2.81. The monoisotopic (exact) mass is 425 g/mol. The van der Waals surface area contributed by atoms with E-state index >= 15 is 0 Å². The number of carbonyl (C=O) groups excluding carboxylic acids is 2. The first-order valence-corrected chi connectivity index (χ1v) is 10.6. The minimum Gasteiger partial charge on any atom is -0.515 e. The molecule has 1 N–H and O–H groups in total. The number of hydrogen-bond donors (Lipinski definition) is 1. The van der Waals surface area contributed by atoms with Crippen LogP contribution in [0.15, 0.2) is 66.4 Å². The Kier molecular flexibility index (Phi) is 7.58. The van der Waals surface area contributed by atoms with Gasteiger partial charge in [0, 0.05) is 17.7 Å². The maximum absolute atomic E-state index is 13.1. The van der Waals surface area contributed by atoms with E-state index < -0.39 is 11.2 Å². The predicted octanol–water partition coefficient (Wildman–Crippen LogP) is 4.44. The molecule has 5 nitrogen and oxygen atoms in total. The molecule has 0 spiro atoms. The average molecular weight is 426 g/mol. The molecule has 2 aromatic rings. The Balaban J connectivity index is 1.63. The summed E-state index contributed by atoms with van der Waals surface area (Å²) >= 11 is 0. The molecule has 31 heavy (non-hydrogen) atoms. The number of likely N-dealkylation sites (tertiary alicyclic amines) is 1. The number of benzene rings is 2. The highest BCUT2D eigenvalue weighted by molar-refractivity contribution is 6.08. The molecule has 3 rings (SSSR count). The predicted molar refractivity (Wildman–Crippen MR) is 116 cm³/mol. The molecule has 0 amide bonds. The number of rotatable bonds is 8. The van der Waals surface area contributed by atoms with E-state index in [9.17, 15) is 19.1 Å². The second-order valence-electron chi connectivity index (χ2n) is 7.75. The van der Waals surface area contributed by atoms with Crippen molar-refractivity contribution >= 4 is 11.8 Å². The molecule has 6 heteroatoms. The Morgan fingerprint density at radius 3 is 2.32 bits per heavy atom. The number of esters is 1. The molecule has 0 unspecified atom stereocenters. The lowest BCUT2D eigenvalue weighted by Gasteiger charge is -2.40. The number of aliphatic hydroxyl groups is 1. The van der Waals surface area contributed by atoms with Crippen molar-refractivity contribution in [2.24, 2.45) is 0 Å². The second kappa shape index (κ2) is 10.4. The normalized spacial score (nSPS) is 16.6. The van der Waals surface area contributed by atoms with E-state index in [1.165, 1.54) is 24.3 Å². The molecule has 0 radical (unpaired) electrons. The largest absolute Gasteiger partial charge is 0.515 e. The third-order valence-corrected chi connectivity index (χ3v) is 5.95. The first-order chi connectivity index (χ1) is 15.0. The Morgan fingerprint density at radius 1 is 1.10 bits per heavy atom. The van der Waals surface area contributed by atoms with Gasteiger partial charge in [0.25, 0.3) is 0 Å². The van der Waals surface area contributed by atoms with Gasteiger partial charge in [0.2, 0.25) is 0 Å². The first-order valence-electron chi connectivity index (χ1n) is 10.6.